The van der Waals surface area contributed by atoms with E-state index in [1.807, 2.05) is 19.9 Å². The van der Waals surface area contributed by atoms with Crippen LogP contribution in [-0.4, -0.2) is 0 Å². The molecule has 0 N–H and O–H groups in total. The fourth-order valence-electron chi connectivity index (χ4n) is 3.88. The van der Waals surface area contributed by atoms with Gasteiger partial charge in [0.15, 0.2) is 0 Å². The van der Waals surface area contributed by atoms with Crippen molar-refractivity contribution in [1.82, 2.24) is 0 Å². The Hall–Kier alpha value is -3.36. The van der Waals surface area contributed by atoms with Crippen molar-refractivity contribution >= 4 is 43.8 Å². The molecule has 0 fully saturated rings. The lowest BCUT2D eigenvalue weighted by Gasteiger charge is -2.25. The van der Waals surface area contributed by atoms with E-state index < -0.39 is 0 Å². The molecule has 0 aliphatic heterocycles. The second kappa shape index (κ2) is 10.3. The van der Waals surface area contributed by atoms with Gasteiger partial charge in [-0.2, -0.15) is 0 Å². The van der Waals surface area contributed by atoms with Gasteiger partial charge < -0.3 is 4.90 Å². The van der Waals surface area contributed by atoms with Gasteiger partial charge in [-0.1, -0.05) is 103 Å². The Morgan fingerprint density at radius 2 is 1.03 bits per heavy atom. The third-order valence-electron chi connectivity index (χ3n) is 5.33. The SMILES string of the molecule is Brc1ccc(N(c2ccccc2)c2ccc(-c3cccc4ccccc34)cc2)cc1.CC. The van der Waals surface area contributed by atoms with Gasteiger partial charge in [0.05, 0.1) is 0 Å². The number of halogens is 1. The van der Waals surface area contributed by atoms with Crippen molar-refractivity contribution in [2.75, 3.05) is 4.90 Å². The third kappa shape index (κ3) is 4.61. The zero-order chi connectivity index (χ0) is 22.3. The molecule has 158 valence electrons. The second-order valence-electron chi connectivity index (χ2n) is 7.22. The van der Waals surface area contributed by atoms with Crippen LogP contribution < -0.4 is 4.90 Å². The van der Waals surface area contributed by atoms with E-state index in [0.717, 1.165) is 21.5 Å². The number of benzene rings is 5. The largest absolute Gasteiger partial charge is 0.311 e. The number of nitrogens with zero attached hydrogens (tertiary/aromatic N) is 1. The van der Waals surface area contributed by atoms with E-state index in [9.17, 15) is 0 Å². The summed E-state index contributed by atoms with van der Waals surface area (Å²) in [5.41, 5.74) is 5.88. The van der Waals surface area contributed by atoms with Crippen molar-refractivity contribution in [1.29, 1.82) is 0 Å². The molecule has 1 nitrogen and oxygen atoms in total. The molecule has 0 saturated heterocycles. The number of hydrogen-bond acceptors (Lipinski definition) is 1. The van der Waals surface area contributed by atoms with Crippen LogP contribution in [0.1, 0.15) is 13.8 Å². The van der Waals surface area contributed by atoms with Gasteiger partial charge in [-0.05, 0) is 70.4 Å². The zero-order valence-corrected chi connectivity index (χ0v) is 20.0. The summed E-state index contributed by atoms with van der Waals surface area (Å²) in [4.78, 5) is 2.28. The fourth-order valence-corrected chi connectivity index (χ4v) is 4.15. The van der Waals surface area contributed by atoms with Gasteiger partial charge in [-0.3, -0.25) is 0 Å². The molecule has 0 aliphatic rings. The average Bonchev–Trinajstić information content (AvgIpc) is 2.87. The summed E-state index contributed by atoms with van der Waals surface area (Å²) in [5.74, 6) is 0. The summed E-state index contributed by atoms with van der Waals surface area (Å²) < 4.78 is 1.07. The highest BCUT2D eigenvalue weighted by atomic mass is 79.9. The molecule has 5 rings (SSSR count). The predicted molar refractivity (Wildman–Crippen MR) is 143 cm³/mol. The summed E-state index contributed by atoms with van der Waals surface area (Å²) in [5, 5.41) is 2.54. The van der Waals surface area contributed by atoms with E-state index in [2.05, 4.69) is 136 Å². The van der Waals surface area contributed by atoms with E-state index in [1.165, 1.54) is 21.9 Å². The molecule has 0 unspecified atom stereocenters. The Morgan fingerprint density at radius 3 is 1.72 bits per heavy atom. The molecule has 32 heavy (non-hydrogen) atoms. The molecule has 0 amide bonds. The standard InChI is InChI=1S/C28H20BrN.C2H6/c29-23-15-19-26(20-16-23)30(24-9-2-1-3-10-24)25-17-13-22(14-18-25)28-12-6-8-21-7-4-5-11-27(21)28;1-2/h1-20H;1-2H3. The smallest absolute Gasteiger partial charge is 0.0462 e. The summed E-state index contributed by atoms with van der Waals surface area (Å²) in [7, 11) is 0. The minimum absolute atomic E-state index is 1.07. The van der Waals surface area contributed by atoms with Gasteiger partial charge in [0.2, 0.25) is 0 Å². The van der Waals surface area contributed by atoms with E-state index in [-0.39, 0.29) is 0 Å². The molecule has 2 heteroatoms. The Labute approximate surface area is 199 Å². The molecule has 0 radical (unpaired) electrons. The summed E-state index contributed by atoms with van der Waals surface area (Å²) >= 11 is 3.54. The summed E-state index contributed by atoms with van der Waals surface area (Å²) in [6.07, 6.45) is 0. The maximum absolute atomic E-state index is 3.54. The highest BCUT2D eigenvalue weighted by molar-refractivity contribution is 9.10. The molecule has 0 atom stereocenters. The third-order valence-corrected chi connectivity index (χ3v) is 5.85. The maximum atomic E-state index is 3.54. The lowest BCUT2D eigenvalue weighted by atomic mass is 9.98. The van der Waals surface area contributed by atoms with Crippen LogP contribution in [0.15, 0.2) is 126 Å². The Bertz CT molecular complexity index is 1270. The van der Waals surface area contributed by atoms with Crippen LogP contribution in [0.3, 0.4) is 0 Å². The minimum atomic E-state index is 1.07. The molecule has 0 spiro atoms. The number of hydrogen-bond donors (Lipinski definition) is 0. The molecule has 0 bridgehead atoms. The van der Waals surface area contributed by atoms with Gasteiger partial charge >= 0.3 is 0 Å². The van der Waals surface area contributed by atoms with Crippen LogP contribution in [0.25, 0.3) is 21.9 Å². The van der Waals surface area contributed by atoms with Gasteiger partial charge in [0.25, 0.3) is 0 Å². The van der Waals surface area contributed by atoms with Crippen molar-refractivity contribution in [3.63, 3.8) is 0 Å². The number of rotatable bonds is 4. The fraction of sp³-hybridized carbons (Fsp3) is 0.0667. The Balaban J connectivity index is 0.00000119. The molecule has 5 aromatic rings. The lowest BCUT2D eigenvalue weighted by molar-refractivity contribution is 1.28. The summed E-state index contributed by atoms with van der Waals surface area (Å²) in [6.45, 7) is 4.00. The van der Waals surface area contributed by atoms with Crippen molar-refractivity contribution in [3.05, 3.63) is 126 Å². The molecular formula is C30H26BrN. The molecule has 0 saturated carbocycles. The van der Waals surface area contributed by atoms with Gasteiger partial charge in [-0.25, -0.2) is 0 Å². The first-order chi connectivity index (χ1) is 15.8. The van der Waals surface area contributed by atoms with Crippen LogP contribution >= 0.6 is 15.9 Å². The van der Waals surface area contributed by atoms with Gasteiger partial charge in [-0.15, -0.1) is 0 Å². The van der Waals surface area contributed by atoms with Gasteiger partial charge in [0, 0.05) is 21.5 Å². The normalized spacial score (nSPS) is 10.3. The second-order valence-corrected chi connectivity index (χ2v) is 8.14. The highest BCUT2D eigenvalue weighted by Crippen LogP contribution is 2.36. The van der Waals surface area contributed by atoms with Crippen LogP contribution in [-0.2, 0) is 0 Å². The molecule has 0 aromatic heterocycles. The van der Waals surface area contributed by atoms with Crippen molar-refractivity contribution in [2.45, 2.75) is 13.8 Å². The molecule has 0 aliphatic carbocycles. The monoisotopic (exact) mass is 479 g/mol. The molecular weight excluding hydrogens is 454 g/mol. The van der Waals surface area contributed by atoms with E-state index in [0.29, 0.717) is 0 Å². The van der Waals surface area contributed by atoms with Crippen molar-refractivity contribution in [3.8, 4) is 11.1 Å². The van der Waals surface area contributed by atoms with E-state index in [1.54, 1.807) is 0 Å². The van der Waals surface area contributed by atoms with Crippen molar-refractivity contribution < 1.29 is 0 Å². The maximum Gasteiger partial charge on any atom is 0.0462 e. The molecule has 5 aromatic carbocycles. The van der Waals surface area contributed by atoms with Crippen LogP contribution in [0.4, 0.5) is 17.1 Å². The first kappa shape index (κ1) is 21.9. The molecule has 0 heterocycles. The quantitative estimate of drug-likeness (QED) is 0.247. The Kier molecular flexibility index (Phi) is 7.03. The first-order valence-electron chi connectivity index (χ1n) is 11.0. The van der Waals surface area contributed by atoms with Crippen LogP contribution in [0, 0.1) is 0 Å². The number of fused-ring (bicyclic) bond motifs is 1. The zero-order valence-electron chi connectivity index (χ0n) is 18.4. The Morgan fingerprint density at radius 1 is 0.500 bits per heavy atom. The lowest BCUT2D eigenvalue weighted by Crippen LogP contribution is -2.09. The average molecular weight is 480 g/mol. The first-order valence-corrected chi connectivity index (χ1v) is 11.8. The predicted octanol–water partition coefficient (Wildman–Crippen LogP) is 9.77. The van der Waals surface area contributed by atoms with Crippen LogP contribution in [0.5, 0.6) is 0 Å². The van der Waals surface area contributed by atoms with Gasteiger partial charge in [0.1, 0.15) is 0 Å². The van der Waals surface area contributed by atoms with Crippen molar-refractivity contribution in [2.24, 2.45) is 0 Å². The number of anilines is 3. The number of para-hydroxylation sites is 1. The topological polar surface area (TPSA) is 3.24 Å². The van der Waals surface area contributed by atoms with E-state index in [4.69, 9.17) is 0 Å². The highest BCUT2D eigenvalue weighted by Gasteiger charge is 2.12. The van der Waals surface area contributed by atoms with Crippen LogP contribution in [0.2, 0.25) is 0 Å². The summed E-state index contributed by atoms with van der Waals surface area (Å²) in [6, 6.07) is 42.8. The minimum Gasteiger partial charge on any atom is -0.311 e. The van der Waals surface area contributed by atoms with E-state index >= 15 is 0 Å².